The van der Waals surface area contributed by atoms with E-state index in [-0.39, 0.29) is 22.5 Å². The molecule has 0 bridgehead atoms. The van der Waals surface area contributed by atoms with Gasteiger partial charge in [0, 0.05) is 17.3 Å². The van der Waals surface area contributed by atoms with Crippen LogP contribution in [0.4, 0.5) is 11.4 Å². The summed E-state index contributed by atoms with van der Waals surface area (Å²) < 4.78 is 60.1. The van der Waals surface area contributed by atoms with Gasteiger partial charge in [-0.1, -0.05) is 0 Å². The first-order valence-electron chi connectivity index (χ1n) is 24.2. The zero-order valence-electron chi connectivity index (χ0n) is 41.5. The maximum absolute atomic E-state index is 13.8. The molecule has 77 heavy (non-hydrogen) atoms. The molecule has 4 saturated heterocycles. The van der Waals surface area contributed by atoms with Crippen LogP contribution in [-0.4, -0.2) is 257 Å². The number of nitrogen functional groups attached to an aromatic ring is 2. The minimum atomic E-state index is -2.09. The standard InChI is InChI=1S/C46H66N4O27/c1-49-29-21(12-68-46-37(61)34(58)35(59)39(77-46)44(66)73-16-71-41(63)20-8-18(48)4-6-25(20)54)31(55)26(9-51)74-28(29)14-67-11-23-33(57)36(60)45(69-13-22-30(50-2)42(64)75-27(10-52)32(22)56)76-38(23)43(65)72-15-70-40(62)19-7-17(47)3-5-24(19)53/h3-8,21-23,26-39,42,45-46,49-61,64H,9-16,47-48H2,1-2H3/p+2/t21-,22-,23-,26?,27?,28+,29?,30?,31-,32-,33+,34+,35-,36?,37?,38?,39?,42-,45-,46-/m1/s1. The molecule has 432 valence electrons. The number of esters is 4. The molecule has 0 amide bonds. The highest BCUT2D eigenvalue weighted by atomic mass is 16.7. The first-order valence-corrected chi connectivity index (χ1v) is 24.2. The number of likely N-dealkylation sites (N-methyl/N-ethyl adjacent to an activating group) is 2. The quantitative estimate of drug-likeness (QED) is 0.0225. The van der Waals surface area contributed by atoms with Crippen LogP contribution in [0, 0.1) is 17.8 Å². The van der Waals surface area contributed by atoms with Crippen LogP contribution in [0.5, 0.6) is 11.5 Å². The van der Waals surface area contributed by atoms with Crippen molar-refractivity contribution in [1.82, 2.24) is 0 Å². The van der Waals surface area contributed by atoms with Crippen LogP contribution in [-0.2, 0) is 61.7 Å². The number of anilines is 2. The van der Waals surface area contributed by atoms with Gasteiger partial charge in [-0.05, 0) is 36.4 Å². The first kappa shape index (κ1) is 61.0. The highest BCUT2D eigenvalue weighted by Crippen LogP contribution is 2.33. The molecule has 6 rings (SSSR count). The number of hydrogen-bond donors (Lipinski definition) is 16. The molecule has 2 aromatic rings. The van der Waals surface area contributed by atoms with Crippen LogP contribution in [0.1, 0.15) is 20.7 Å². The van der Waals surface area contributed by atoms with Gasteiger partial charge in [-0.15, -0.1) is 0 Å². The number of phenols is 2. The maximum atomic E-state index is 13.8. The molecular weight excluding hydrogens is 1040 g/mol. The Morgan fingerprint density at radius 2 is 0.987 bits per heavy atom. The van der Waals surface area contributed by atoms with Crippen molar-refractivity contribution in [3.8, 4) is 11.5 Å². The average molecular weight is 1110 g/mol. The van der Waals surface area contributed by atoms with Crippen LogP contribution < -0.4 is 22.1 Å². The predicted octanol–water partition coefficient (Wildman–Crippen LogP) is -9.26. The summed E-state index contributed by atoms with van der Waals surface area (Å²) >= 11 is 0. The van der Waals surface area contributed by atoms with Crippen molar-refractivity contribution in [1.29, 1.82) is 0 Å². The number of hydrogen-bond acceptors (Lipinski definition) is 29. The highest BCUT2D eigenvalue weighted by molar-refractivity contribution is 5.94. The lowest BCUT2D eigenvalue weighted by molar-refractivity contribution is -0.694. The number of carbonyl (C=O) groups is 4. The molecule has 31 nitrogen and oxygen atoms in total. The van der Waals surface area contributed by atoms with E-state index < -0.39 is 211 Å². The zero-order chi connectivity index (χ0) is 56.4. The number of quaternary nitrogens is 2. The monoisotopic (exact) mass is 1110 g/mol. The van der Waals surface area contributed by atoms with Crippen molar-refractivity contribution < 1.29 is 143 Å². The molecule has 20 atom stereocenters. The zero-order valence-corrected chi connectivity index (χ0v) is 41.5. The summed E-state index contributed by atoms with van der Waals surface area (Å²) in [5.41, 5.74) is 10.8. The first-order chi connectivity index (χ1) is 36.6. The average Bonchev–Trinajstić information content (AvgIpc) is 3.41. The molecule has 4 heterocycles. The number of nitrogens with two attached hydrogens (primary N) is 4. The molecule has 0 aromatic heterocycles. The van der Waals surface area contributed by atoms with Gasteiger partial charge >= 0.3 is 23.9 Å². The van der Waals surface area contributed by atoms with Crippen molar-refractivity contribution in [2.75, 3.05) is 78.8 Å². The Kier molecular flexibility index (Phi) is 21.8. The van der Waals surface area contributed by atoms with Gasteiger partial charge in [0.05, 0.1) is 83.9 Å². The Balaban J connectivity index is 1.11. The molecule has 2 aromatic carbocycles. The molecule has 4 aliphatic heterocycles. The number of benzene rings is 2. The lowest BCUT2D eigenvalue weighted by Crippen LogP contribution is -2.93. The lowest BCUT2D eigenvalue weighted by atomic mass is 9.84. The van der Waals surface area contributed by atoms with Crippen molar-refractivity contribution in [2.45, 2.75) is 104 Å². The topological polar surface area (TPSA) is 498 Å². The number of rotatable bonds is 22. The number of ether oxygens (including phenoxy) is 11. The lowest BCUT2D eigenvalue weighted by Gasteiger charge is -2.44. The fraction of sp³-hybridized carbons (Fsp3) is 0.652. The van der Waals surface area contributed by atoms with Gasteiger partial charge in [0.1, 0.15) is 77.4 Å². The summed E-state index contributed by atoms with van der Waals surface area (Å²) in [6, 6.07) is 5.40. The summed E-state index contributed by atoms with van der Waals surface area (Å²) in [6.07, 6.45) is -25.6. The van der Waals surface area contributed by atoms with Gasteiger partial charge in [0.2, 0.25) is 19.9 Å². The molecule has 31 heteroatoms. The Bertz CT molecular complexity index is 2290. The normalized spacial score (nSPS) is 35.4. The highest BCUT2D eigenvalue weighted by Gasteiger charge is 2.54. The van der Waals surface area contributed by atoms with E-state index in [1.165, 1.54) is 17.4 Å². The van der Waals surface area contributed by atoms with E-state index in [2.05, 4.69) is 0 Å². The number of phenolic OH excluding ortho intramolecular Hbond substituents is 2. The number of aliphatic hydroxyl groups is 10. The summed E-state index contributed by atoms with van der Waals surface area (Å²) in [4.78, 5) is 51.9. The second-order valence-electron chi connectivity index (χ2n) is 18.5. The molecular formula is C46H68N4O27+2. The minimum Gasteiger partial charge on any atom is -0.507 e. The van der Waals surface area contributed by atoms with E-state index in [1.54, 1.807) is 19.4 Å². The van der Waals surface area contributed by atoms with Crippen molar-refractivity contribution in [3.05, 3.63) is 47.5 Å². The van der Waals surface area contributed by atoms with E-state index in [4.69, 9.17) is 63.6 Å². The molecule has 8 unspecified atom stereocenters. The summed E-state index contributed by atoms with van der Waals surface area (Å²) in [5, 5.41) is 131. The number of aliphatic hydroxyl groups excluding tert-OH is 10. The third-order valence-corrected chi connectivity index (χ3v) is 13.7. The third-order valence-electron chi connectivity index (χ3n) is 13.7. The van der Waals surface area contributed by atoms with E-state index >= 15 is 0 Å². The van der Waals surface area contributed by atoms with Crippen molar-refractivity contribution in [3.63, 3.8) is 0 Å². The van der Waals surface area contributed by atoms with Crippen molar-refractivity contribution in [2.24, 2.45) is 17.8 Å². The molecule has 0 spiro atoms. The number of carbonyl (C=O) groups excluding carboxylic acids is 4. The molecule has 0 aliphatic carbocycles. The van der Waals surface area contributed by atoms with Crippen LogP contribution in [0.2, 0.25) is 0 Å². The number of aromatic hydroxyl groups is 2. The van der Waals surface area contributed by atoms with Gasteiger partial charge in [0.15, 0.2) is 24.8 Å². The van der Waals surface area contributed by atoms with Gasteiger partial charge in [-0.2, -0.15) is 0 Å². The molecule has 20 N–H and O–H groups in total. The second-order valence-corrected chi connectivity index (χ2v) is 18.5. The smallest absolute Gasteiger partial charge is 0.344 e. The van der Waals surface area contributed by atoms with E-state index in [0.29, 0.717) is 0 Å². The Hall–Kier alpha value is -5.24. The minimum absolute atomic E-state index is 0.0989. The third kappa shape index (κ3) is 14.3. The van der Waals surface area contributed by atoms with Gasteiger partial charge in [0.25, 0.3) is 0 Å². The van der Waals surface area contributed by atoms with Gasteiger partial charge < -0.3 is 135 Å². The fourth-order valence-electron chi connectivity index (χ4n) is 9.41. The van der Waals surface area contributed by atoms with Crippen molar-refractivity contribution >= 4 is 35.3 Å². The van der Waals surface area contributed by atoms with E-state index in [9.17, 15) is 80.5 Å². The molecule has 4 aliphatic rings. The molecule has 0 radical (unpaired) electrons. The SMILES string of the molecule is C[NH2+]C1[C@H](O)OC(CO)[C@H](O)[C@@H]1CO[C@@H]1OC(C(=O)OCOC(=O)c2cc(N)ccc2O)[C@H](COC[C@@H]2OC(CO)[C@H](O)[C@H](CO[C@@H]3OC(C(=O)OCOC(=O)c4cc(N)ccc4O)[C@H](O)[C@H](O)C3O)C2[NH2+]C)[C@H](O)C1O. The van der Waals surface area contributed by atoms with Crippen LogP contribution in [0.3, 0.4) is 0 Å². The van der Waals surface area contributed by atoms with Crippen LogP contribution in [0.15, 0.2) is 36.4 Å². The maximum Gasteiger partial charge on any atom is 0.344 e. The largest absolute Gasteiger partial charge is 0.507 e. The Morgan fingerprint density at radius 1 is 0.519 bits per heavy atom. The second kappa shape index (κ2) is 27.6. The summed E-state index contributed by atoms with van der Waals surface area (Å²) in [7, 11) is 3.15. The van der Waals surface area contributed by atoms with E-state index in [1.807, 2.05) is 0 Å². The summed E-state index contributed by atoms with van der Waals surface area (Å²) in [6.45, 7) is -5.62. The predicted molar refractivity (Wildman–Crippen MR) is 247 cm³/mol. The fourth-order valence-corrected chi connectivity index (χ4v) is 9.41. The van der Waals surface area contributed by atoms with Crippen LogP contribution >= 0.6 is 0 Å². The van der Waals surface area contributed by atoms with Gasteiger partial charge in [-0.25, -0.2) is 19.2 Å². The van der Waals surface area contributed by atoms with E-state index in [0.717, 1.165) is 24.3 Å². The Morgan fingerprint density at radius 3 is 1.49 bits per heavy atom. The Labute approximate surface area is 437 Å². The van der Waals surface area contributed by atoms with Crippen LogP contribution in [0.25, 0.3) is 0 Å². The molecule has 0 saturated carbocycles. The summed E-state index contributed by atoms with van der Waals surface area (Å²) in [5.74, 6) is -9.43. The van der Waals surface area contributed by atoms with Gasteiger partial charge in [-0.3, -0.25) is 0 Å². The molecule has 4 fully saturated rings.